The summed E-state index contributed by atoms with van der Waals surface area (Å²) < 4.78 is 0. The van der Waals surface area contributed by atoms with Crippen LogP contribution in [-0.4, -0.2) is 51.1 Å². The first-order valence-electron chi connectivity index (χ1n) is 8.30. The van der Waals surface area contributed by atoms with Crippen LogP contribution in [0, 0.1) is 0 Å². The van der Waals surface area contributed by atoms with Gasteiger partial charge in [0.25, 0.3) is 0 Å². The maximum absolute atomic E-state index is 10.5. The molecule has 10 nitrogen and oxygen atoms in total. The van der Waals surface area contributed by atoms with E-state index in [9.17, 15) is 51.1 Å². The molecule has 10 N–H and O–H groups in total. The number of hydrogen-bond donors (Lipinski definition) is 10. The van der Waals surface area contributed by atoms with Gasteiger partial charge in [-0.15, -0.1) is 0 Å². The van der Waals surface area contributed by atoms with E-state index in [1.54, 1.807) is 0 Å². The summed E-state index contributed by atoms with van der Waals surface area (Å²) in [5, 5.41) is 100. The zero-order valence-corrected chi connectivity index (χ0v) is 14.8. The molecule has 0 aliphatic heterocycles. The van der Waals surface area contributed by atoms with Crippen molar-refractivity contribution in [1.82, 2.24) is 0 Å². The van der Waals surface area contributed by atoms with Gasteiger partial charge in [0.1, 0.15) is 34.5 Å². The quantitative estimate of drug-likeness (QED) is 0.163. The largest absolute Gasteiger partial charge is 0.507 e. The maximum Gasteiger partial charge on any atom is 0.169 e. The van der Waals surface area contributed by atoms with E-state index in [0.29, 0.717) is 0 Å². The monoisotopic (exact) mass is 414 g/mol. The molecule has 4 aromatic carbocycles. The summed E-state index contributed by atoms with van der Waals surface area (Å²) in [5.74, 6) is -7.57. The number of phenolic OH excluding ortho intramolecular Hbond substituents is 10. The van der Waals surface area contributed by atoms with Crippen LogP contribution in [-0.2, 0) is 0 Å². The van der Waals surface area contributed by atoms with E-state index in [2.05, 4.69) is 0 Å². The first-order chi connectivity index (χ1) is 14.0. The zero-order chi connectivity index (χ0) is 22.1. The average molecular weight is 414 g/mol. The normalized spacial score (nSPS) is 11.3. The summed E-state index contributed by atoms with van der Waals surface area (Å²) in [7, 11) is 0. The number of benzene rings is 4. The molecule has 0 amide bonds. The molecule has 0 heterocycles. The van der Waals surface area contributed by atoms with Gasteiger partial charge in [0, 0.05) is 46.2 Å². The van der Waals surface area contributed by atoms with E-state index in [1.165, 1.54) is 0 Å². The van der Waals surface area contributed by atoms with E-state index in [4.69, 9.17) is 0 Å². The van der Waals surface area contributed by atoms with Crippen LogP contribution in [0.4, 0.5) is 0 Å². The van der Waals surface area contributed by atoms with Gasteiger partial charge in [-0.2, -0.15) is 0 Å². The molecule has 0 radical (unpaired) electrons. The van der Waals surface area contributed by atoms with Crippen molar-refractivity contribution in [1.29, 1.82) is 0 Å². The average Bonchev–Trinajstić information content (AvgIpc) is 2.64. The highest BCUT2D eigenvalue weighted by Gasteiger charge is 2.28. The molecule has 0 aliphatic carbocycles. The van der Waals surface area contributed by atoms with E-state index < -0.39 is 90.2 Å². The Bertz CT molecular complexity index is 1280. The smallest absolute Gasteiger partial charge is 0.169 e. The Kier molecular flexibility index (Phi) is 3.72. The van der Waals surface area contributed by atoms with Gasteiger partial charge in [0.2, 0.25) is 0 Å². The van der Waals surface area contributed by atoms with Crippen molar-refractivity contribution in [2.75, 3.05) is 0 Å². The minimum Gasteiger partial charge on any atom is -0.507 e. The predicted octanol–water partition coefficient (Wildman–Crippen LogP) is 2.72. The molecule has 10 heteroatoms. The molecule has 0 saturated heterocycles. The molecular formula is C20H14O10. The lowest BCUT2D eigenvalue weighted by atomic mass is 9.90. The number of fused-ring (bicyclic) bond motifs is 2. The molecule has 0 fully saturated rings. The Labute approximate surface area is 166 Å². The molecule has 30 heavy (non-hydrogen) atoms. The molecule has 0 atom stereocenters. The van der Waals surface area contributed by atoms with Crippen LogP contribution >= 0.6 is 0 Å². The van der Waals surface area contributed by atoms with Crippen LogP contribution in [0.2, 0.25) is 0 Å². The number of hydrogen-bond acceptors (Lipinski definition) is 10. The van der Waals surface area contributed by atoms with Crippen molar-refractivity contribution in [2.45, 2.75) is 0 Å². The molecule has 154 valence electrons. The highest BCUT2D eigenvalue weighted by molar-refractivity contribution is 6.18. The fourth-order valence-corrected chi connectivity index (χ4v) is 3.60. The third kappa shape index (κ3) is 2.30. The molecule has 0 bridgehead atoms. The molecule has 0 saturated carbocycles. The fourth-order valence-electron chi connectivity index (χ4n) is 3.60. The van der Waals surface area contributed by atoms with Gasteiger partial charge in [-0.25, -0.2) is 0 Å². The second kappa shape index (κ2) is 5.95. The van der Waals surface area contributed by atoms with Crippen molar-refractivity contribution in [3.05, 3.63) is 24.3 Å². The maximum atomic E-state index is 10.5. The summed E-state index contributed by atoms with van der Waals surface area (Å²) in [6, 6.07) is 2.96. The SMILES string of the molecule is Oc1cc(O)c2c(-c3c(O)cc(O)c4c(O)c(O)cc(O)c34)c(O)cc(O)c2c1O. The Balaban J connectivity index is 2.34. The van der Waals surface area contributed by atoms with Crippen LogP contribution in [0.5, 0.6) is 57.5 Å². The Morgan fingerprint density at radius 1 is 0.300 bits per heavy atom. The van der Waals surface area contributed by atoms with E-state index in [-0.39, 0.29) is 0 Å². The second-order valence-corrected chi connectivity index (χ2v) is 6.61. The molecular weight excluding hydrogens is 400 g/mol. The van der Waals surface area contributed by atoms with Crippen LogP contribution in [0.3, 0.4) is 0 Å². The van der Waals surface area contributed by atoms with Crippen molar-refractivity contribution >= 4 is 21.5 Å². The molecule has 4 aromatic rings. The number of aromatic hydroxyl groups is 10. The zero-order valence-electron chi connectivity index (χ0n) is 14.8. The van der Waals surface area contributed by atoms with Gasteiger partial charge in [0.05, 0.1) is 10.8 Å². The van der Waals surface area contributed by atoms with Crippen molar-refractivity contribution in [2.24, 2.45) is 0 Å². The molecule has 0 spiro atoms. The molecule has 0 unspecified atom stereocenters. The highest BCUT2D eigenvalue weighted by Crippen LogP contribution is 2.57. The van der Waals surface area contributed by atoms with E-state index in [0.717, 1.165) is 24.3 Å². The van der Waals surface area contributed by atoms with Gasteiger partial charge in [0.15, 0.2) is 23.0 Å². The predicted molar refractivity (Wildman–Crippen MR) is 104 cm³/mol. The fraction of sp³-hybridized carbons (Fsp3) is 0. The third-order valence-electron chi connectivity index (χ3n) is 4.84. The summed E-state index contributed by atoms with van der Waals surface area (Å²) >= 11 is 0. The lowest BCUT2D eigenvalue weighted by molar-refractivity contribution is 0.398. The molecule has 0 aromatic heterocycles. The molecule has 0 aliphatic rings. The lowest BCUT2D eigenvalue weighted by Crippen LogP contribution is -1.90. The topological polar surface area (TPSA) is 202 Å². The lowest BCUT2D eigenvalue weighted by Gasteiger charge is -2.18. The van der Waals surface area contributed by atoms with E-state index >= 15 is 0 Å². The number of rotatable bonds is 1. The first-order valence-corrected chi connectivity index (χ1v) is 8.30. The van der Waals surface area contributed by atoms with Crippen LogP contribution < -0.4 is 0 Å². The Hall–Kier alpha value is -4.60. The van der Waals surface area contributed by atoms with Crippen molar-refractivity contribution in [3.8, 4) is 68.6 Å². The molecule has 4 rings (SSSR count). The van der Waals surface area contributed by atoms with Crippen LogP contribution in [0.15, 0.2) is 24.3 Å². The number of phenols is 10. The van der Waals surface area contributed by atoms with Gasteiger partial charge < -0.3 is 51.1 Å². The van der Waals surface area contributed by atoms with Crippen LogP contribution in [0.25, 0.3) is 32.7 Å². The highest BCUT2D eigenvalue weighted by atomic mass is 16.3. The van der Waals surface area contributed by atoms with Gasteiger partial charge in [-0.1, -0.05) is 0 Å². The van der Waals surface area contributed by atoms with Crippen molar-refractivity contribution < 1.29 is 51.1 Å². The van der Waals surface area contributed by atoms with Crippen LogP contribution in [0.1, 0.15) is 0 Å². The third-order valence-corrected chi connectivity index (χ3v) is 4.84. The Morgan fingerprint density at radius 2 is 0.567 bits per heavy atom. The minimum absolute atomic E-state index is 0.418. The standard InChI is InChI=1S/C20H14O10/c21-5-1-9(25)17-15(7(23)3-11(27)19(17)29)13(5)14-6(22)2-10(26)18-16(14)8(24)4-12(28)20(18)30/h1-4,21-30H. The Morgan fingerprint density at radius 3 is 0.900 bits per heavy atom. The minimum atomic E-state index is -0.839. The van der Waals surface area contributed by atoms with Gasteiger partial charge in [-0.05, 0) is 0 Å². The van der Waals surface area contributed by atoms with Gasteiger partial charge >= 0.3 is 0 Å². The first kappa shape index (κ1) is 18.7. The summed E-state index contributed by atoms with van der Waals surface area (Å²) in [6.07, 6.45) is 0. The summed E-state index contributed by atoms with van der Waals surface area (Å²) in [4.78, 5) is 0. The van der Waals surface area contributed by atoms with Gasteiger partial charge in [-0.3, -0.25) is 0 Å². The van der Waals surface area contributed by atoms with Crippen molar-refractivity contribution in [3.63, 3.8) is 0 Å². The second-order valence-electron chi connectivity index (χ2n) is 6.61. The summed E-state index contributed by atoms with van der Waals surface area (Å²) in [5.41, 5.74) is -0.836. The summed E-state index contributed by atoms with van der Waals surface area (Å²) in [6.45, 7) is 0. The van der Waals surface area contributed by atoms with E-state index in [1.807, 2.05) is 0 Å².